The van der Waals surface area contributed by atoms with E-state index >= 15 is 0 Å². The van der Waals surface area contributed by atoms with Gasteiger partial charge >= 0.3 is 0 Å². The lowest BCUT2D eigenvalue weighted by Crippen LogP contribution is -2.15. The highest BCUT2D eigenvalue weighted by molar-refractivity contribution is 5.87. The number of benzene rings is 4. The molecule has 4 aromatic carbocycles. The maximum atomic E-state index is 5.15. The molecular formula is C37H26N4. The highest BCUT2D eigenvalue weighted by Crippen LogP contribution is 2.49. The number of aromatic nitrogens is 4. The van der Waals surface area contributed by atoms with Crippen LogP contribution >= 0.6 is 0 Å². The molecule has 0 saturated heterocycles. The number of hydrogen-bond donors (Lipinski definition) is 0. The second-order valence-electron chi connectivity index (χ2n) is 11.2. The average molecular weight is 527 g/mol. The average Bonchev–Trinajstić information content (AvgIpc) is 3.26. The highest BCUT2D eigenvalue weighted by atomic mass is 14.9. The van der Waals surface area contributed by atoms with Gasteiger partial charge in [0.05, 0.1) is 22.4 Å². The van der Waals surface area contributed by atoms with E-state index in [2.05, 4.69) is 121 Å². The van der Waals surface area contributed by atoms with Crippen LogP contribution in [0.4, 0.5) is 0 Å². The van der Waals surface area contributed by atoms with Gasteiger partial charge in [-0.25, -0.2) is 9.97 Å². The van der Waals surface area contributed by atoms with E-state index in [0.29, 0.717) is 5.82 Å². The SMILES string of the molecule is CC1(C)c2ccccc2-c2ccc(-c3nc(-c4ccc5ncccc5c4)cc(-c4ccc5ncccc5c4)n3)cc21. The van der Waals surface area contributed by atoms with E-state index in [-0.39, 0.29) is 5.41 Å². The Morgan fingerprint density at radius 2 is 1.07 bits per heavy atom. The molecule has 3 aromatic heterocycles. The van der Waals surface area contributed by atoms with Crippen LogP contribution in [0.25, 0.3) is 66.8 Å². The van der Waals surface area contributed by atoms with Crippen molar-refractivity contribution in [3.63, 3.8) is 0 Å². The lowest BCUT2D eigenvalue weighted by Gasteiger charge is -2.21. The van der Waals surface area contributed by atoms with E-state index in [1.165, 1.54) is 22.3 Å². The van der Waals surface area contributed by atoms with E-state index < -0.39 is 0 Å². The van der Waals surface area contributed by atoms with Crippen molar-refractivity contribution in [3.8, 4) is 45.0 Å². The Hall–Kier alpha value is -5.22. The summed E-state index contributed by atoms with van der Waals surface area (Å²) in [5.41, 5.74) is 11.9. The van der Waals surface area contributed by atoms with E-state index in [1.807, 2.05) is 24.5 Å². The minimum absolute atomic E-state index is 0.0981. The summed E-state index contributed by atoms with van der Waals surface area (Å²) in [6, 6.07) is 38.2. The molecule has 194 valence electrons. The van der Waals surface area contributed by atoms with Gasteiger partial charge in [0.1, 0.15) is 0 Å². The fourth-order valence-corrected chi connectivity index (χ4v) is 6.19. The third-order valence-corrected chi connectivity index (χ3v) is 8.37. The molecule has 0 aliphatic heterocycles. The standard InChI is InChI=1S/C37H26N4/c1-37(2)30-10-4-3-9-28(30)29-14-11-27(21-31(29)37)36-40-34(25-12-15-32-23(19-25)7-5-17-38-32)22-35(41-36)26-13-16-33-24(20-26)8-6-18-39-33/h3-22H,1-2H3. The molecule has 0 N–H and O–H groups in total. The van der Waals surface area contributed by atoms with Crippen LogP contribution in [0.1, 0.15) is 25.0 Å². The van der Waals surface area contributed by atoms with E-state index in [0.717, 1.165) is 49.9 Å². The van der Waals surface area contributed by atoms with Gasteiger partial charge in [0, 0.05) is 45.3 Å². The molecule has 1 aliphatic rings. The van der Waals surface area contributed by atoms with Crippen molar-refractivity contribution in [3.05, 3.63) is 133 Å². The first-order chi connectivity index (χ1) is 20.0. The molecule has 0 fully saturated rings. The number of hydrogen-bond acceptors (Lipinski definition) is 4. The van der Waals surface area contributed by atoms with Gasteiger partial charge in [-0.05, 0) is 70.8 Å². The summed E-state index contributed by atoms with van der Waals surface area (Å²) < 4.78 is 0. The number of nitrogens with zero attached hydrogens (tertiary/aromatic N) is 4. The number of pyridine rings is 2. The maximum Gasteiger partial charge on any atom is 0.160 e. The van der Waals surface area contributed by atoms with Gasteiger partial charge in [-0.1, -0.05) is 74.5 Å². The van der Waals surface area contributed by atoms with Gasteiger partial charge in [-0.2, -0.15) is 0 Å². The second-order valence-corrected chi connectivity index (χ2v) is 11.2. The summed E-state index contributed by atoms with van der Waals surface area (Å²) in [4.78, 5) is 19.3. The second kappa shape index (κ2) is 8.90. The van der Waals surface area contributed by atoms with Crippen LogP contribution in [-0.4, -0.2) is 19.9 Å². The molecule has 0 radical (unpaired) electrons. The monoisotopic (exact) mass is 526 g/mol. The van der Waals surface area contributed by atoms with Crippen LogP contribution in [-0.2, 0) is 5.41 Å². The zero-order valence-corrected chi connectivity index (χ0v) is 22.8. The topological polar surface area (TPSA) is 51.6 Å². The zero-order chi connectivity index (χ0) is 27.6. The largest absolute Gasteiger partial charge is 0.256 e. The van der Waals surface area contributed by atoms with Gasteiger partial charge in [-0.3, -0.25) is 9.97 Å². The molecule has 0 spiro atoms. The van der Waals surface area contributed by atoms with Crippen molar-refractivity contribution < 1.29 is 0 Å². The lowest BCUT2D eigenvalue weighted by atomic mass is 9.82. The molecule has 0 atom stereocenters. The van der Waals surface area contributed by atoms with Crippen LogP contribution in [0.15, 0.2) is 122 Å². The Labute approximate surface area is 238 Å². The number of fused-ring (bicyclic) bond motifs is 5. The van der Waals surface area contributed by atoms with Crippen LogP contribution in [0, 0.1) is 0 Å². The normalized spacial score (nSPS) is 13.3. The van der Waals surface area contributed by atoms with Crippen LogP contribution in [0.5, 0.6) is 0 Å². The quantitative estimate of drug-likeness (QED) is 0.231. The summed E-state index contributed by atoms with van der Waals surface area (Å²) >= 11 is 0. The molecule has 4 nitrogen and oxygen atoms in total. The lowest BCUT2D eigenvalue weighted by molar-refractivity contribution is 0.660. The van der Waals surface area contributed by atoms with Crippen molar-refractivity contribution in [2.45, 2.75) is 19.3 Å². The molecule has 0 bridgehead atoms. The fourth-order valence-electron chi connectivity index (χ4n) is 6.19. The third kappa shape index (κ3) is 3.83. The summed E-state index contributed by atoms with van der Waals surface area (Å²) in [6.07, 6.45) is 3.65. The first kappa shape index (κ1) is 23.6. The maximum absolute atomic E-state index is 5.15. The summed E-state index contributed by atoms with van der Waals surface area (Å²) in [5, 5.41) is 2.17. The minimum atomic E-state index is -0.0981. The molecular weight excluding hydrogens is 500 g/mol. The molecule has 8 rings (SSSR count). The van der Waals surface area contributed by atoms with Crippen LogP contribution < -0.4 is 0 Å². The van der Waals surface area contributed by atoms with Gasteiger partial charge < -0.3 is 0 Å². The molecule has 4 heteroatoms. The molecule has 0 amide bonds. The minimum Gasteiger partial charge on any atom is -0.256 e. The van der Waals surface area contributed by atoms with Crippen molar-refractivity contribution in [1.82, 2.24) is 19.9 Å². The summed E-state index contributed by atoms with van der Waals surface area (Å²) in [6.45, 7) is 4.60. The van der Waals surface area contributed by atoms with Crippen LogP contribution in [0.2, 0.25) is 0 Å². The van der Waals surface area contributed by atoms with Gasteiger partial charge in [0.25, 0.3) is 0 Å². The Morgan fingerprint density at radius 3 is 1.73 bits per heavy atom. The molecule has 0 saturated carbocycles. The van der Waals surface area contributed by atoms with E-state index in [9.17, 15) is 0 Å². The fraction of sp³-hybridized carbons (Fsp3) is 0.0811. The van der Waals surface area contributed by atoms with Gasteiger partial charge in [0.15, 0.2) is 5.82 Å². The van der Waals surface area contributed by atoms with Crippen LogP contribution in [0.3, 0.4) is 0 Å². The molecule has 41 heavy (non-hydrogen) atoms. The highest BCUT2D eigenvalue weighted by Gasteiger charge is 2.35. The molecule has 0 unspecified atom stereocenters. The number of rotatable bonds is 3. The summed E-state index contributed by atoms with van der Waals surface area (Å²) in [7, 11) is 0. The Kier molecular flexibility index (Phi) is 5.13. The first-order valence-electron chi connectivity index (χ1n) is 13.9. The smallest absolute Gasteiger partial charge is 0.160 e. The molecule has 7 aromatic rings. The molecule has 1 aliphatic carbocycles. The first-order valence-corrected chi connectivity index (χ1v) is 13.9. The summed E-state index contributed by atoms with van der Waals surface area (Å²) in [5.74, 6) is 0.713. The predicted octanol–water partition coefficient (Wildman–Crippen LogP) is 8.88. The predicted molar refractivity (Wildman–Crippen MR) is 167 cm³/mol. The zero-order valence-electron chi connectivity index (χ0n) is 22.8. The van der Waals surface area contributed by atoms with Gasteiger partial charge in [0.2, 0.25) is 0 Å². The Bertz CT molecular complexity index is 2050. The van der Waals surface area contributed by atoms with Crippen molar-refractivity contribution in [1.29, 1.82) is 0 Å². The van der Waals surface area contributed by atoms with Gasteiger partial charge in [-0.15, -0.1) is 0 Å². The van der Waals surface area contributed by atoms with E-state index in [4.69, 9.17) is 9.97 Å². The third-order valence-electron chi connectivity index (χ3n) is 8.37. The van der Waals surface area contributed by atoms with Crippen molar-refractivity contribution in [2.24, 2.45) is 0 Å². The van der Waals surface area contributed by atoms with E-state index in [1.54, 1.807) is 0 Å². The van der Waals surface area contributed by atoms with Crippen molar-refractivity contribution in [2.75, 3.05) is 0 Å². The van der Waals surface area contributed by atoms with Crippen molar-refractivity contribution >= 4 is 21.8 Å². The Morgan fingerprint density at radius 1 is 0.488 bits per heavy atom. The molecule has 3 heterocycles. The Balaban J connectivity index is 1.33.